The summed E-state index contributed by atoms with van der Waals surface area (Å²) >= 11 is 0. The predicted octanol–water partition coefficient (Wildman–Crippen LogP) is -0.426. The van der Waals surface area contributed by atoms with Crippen LogP contribution >= 0.6 is 0 Å². The van der Waals surface area contributed by atoms with Crippen LogP contribution in [0.2, 0.25) is 0 Å². The van der Waals surface area contributed by atoms with Crippen molar-refractivity contribution in [1.82, 2.24) is 4.90 Å². The van der Waals surface area contributed by atoms with Gasteiger partial charge in [-0.2, -0.15) is 0 Å². The molecule has 0 aromatic heterocycles. The molecule has 0 bridgehead atoms. The molecule has 0 aliphatic carbocycles. The van der Waals surface area contributed by atoms with Gasteiger partial charge in [-0.1, -0.05) is 13.8 Å². The summed E-state index contributed by atoms with van der Waals surface area (Å²) in [5.74, 6) is -0.274. The predicted molar refractivity (Wildman–Crippen MR) is 55.4 cm³/mol. The summed E-state index contributed by atoms with van der Waals surface area (Å²) in [6.07, 6.45) is -0.413. The van der Waals surface area contributed by atoms with Gasteiger partial charge in [0, 0.05) is 19.2 Å². The van der Waals surface area contributed by atoms with Crippen molar-refractivity contribution in [2.45, 2.75) is 26.4 Å². The van der Waals surface area contributed by atoms with E-state index in [0.717, 1.165) is 0 Å². The van der Waals surface area contributed by atoms with Gasteiger partial charge in [-0.3, -0.25) is 4.79 Å². The molecule has 6 heteroatoms. The third-order valence-corrected chi connectivity index (χ3v) is 3.79. The van der Waals surface area contributed by atoms with E-state index in [1.54, 1.807) is 13.8 Å². The number of carbonyl (C=O) groups excluding carboxylic acids is 1. The Labute approximate surface area is 85.2 Å². The minimum absolute atomic E-state index is 0.0505. The van der Waals surface area contributed by atoms with Gasteiger partial charge in [0.15, 0.2) is 9.84 Å². The Balaban J connectivity index is 4.35. The minimum atomic E-state index is -3.12. The van der Waals surface area contributed by atoms with Crippen LogP contribution in [0.15, 0.2) is 0 Å². The molecule has 0 aromatic carbocycles. The van der Waals surface area contributed by atoms with Crippen molar-refractivity contribution < 1.29 is 13.2 Å². The maximum absolute atomic E-state index is 11.2. The maximum atomic E-state index is 11.2. The normalized spacial score (nSPS) is 13.7. The van der Waals surface area contributed by atoms with Crippen LogP contribution < -0.4 is 5.73 Å². The summed E-state index contributed by atoms with van der Waals surface area (Å²) in [4.78, 5) is 12.4. The van der Waals surface area contributed by atoms with E-state index in [9.17, 15) is 13.2 Å². The highest BCUT2D eigenvalue weighted by atomic mass is 32.2. The number of rotatable bonds is 5. The molecule has 0 fully saturated rings. The minimum Gasteiger partial charge on any atom is -0.329 e. The molecular weight excluding hydrogens is 204 g/mol. The van der Waals surface area contributed by atoms with E-state index < -0.39 is 16.0 Å². The summed E-state index contributed by atoms with van der Waals surface area (Å²) in [6, 6.07) is 0. The van der Waals surface area contributed by atoms with E-state index in [2.05, 4.69) is 0 Å². The SMILES string of the molecule is CCC(=O)N(C)C(N)CS(=O)(=O)CC. The molecule has 0 aliphatic rings. The fourth-order valence-electron chi connectivity index (χ4n) is 0.924. The summed E-state index contributed by atoms with van der Waals surface area (Å²) in [5, 5.41) is 0. The Morgan fingerprint density at radius 3 is 2.29 bits per heavy atom. The molecule has 14 heavy (non-hydrogen) atoms. The number of hydrogen-bond acceptors (Lipinski definition) is 4. The zero-order valence-electron chi connectivity index (χ0n) is 8.86. The van der Waals surface area contributed by atoms with Crippen LogP contribution in [-0.4, -0.2) is 43.9 Å². The van der Waals surface area contributed by atoms with E-state index in [4.69, 9.17) is 5.73 Å². The summed E-state index contributed by atoms with van der Waals surface area (Å²) in [6.45, 7) is 3.27. The smallest absolute Gasteiger partial charge is 0.223 e. The molecule has 2 N–H and O–H groups in total. The highest BCUT2D eigenvalue weighted by Crippen LogP contribution is 1.99. The fourth-order valence-corrected chi connectivity index (χ4v) is 1.90. The molecule has 0 saturated carbocycles. The Bertz CT molecular complexity index is 287. The first-order valence-corrected chi connectivity index (χ1v) is 6.37. The summed E-state index contributed by atoms with van der Waals surface area (Å²) < 4.78 is 22.4. The van der Waals surface area contributed by atoms with Crippen LogP contribution in [0.25, 0.3) is 0 Å². The Morgan fingerprint density at radius 2 is 1.93 bits per heavy atom. The van der Waals surface area contributed by atoms with Crippen molar-refractivity contribution in [3.05, 3.63) is 0 Å². The molecule has 1 unspecified atom stereocenters. The number of nitrogens with zero attached hydrogens (tertiary/aromatic N) is 1. The van der Waals surface area contributed by atoms with E-state index in [0.29, 0.717) is 6.42 Å². The number of amides is 1. The lowest BCUT2D eigenvalue weighted by molar-refractivity contribution is -0.131. The van der Waals surface area contributed by atoms with Crippen molar-refractivity contribution in [1.29, 1.82) is 0 Å². The van der Waals surface area contributed by atoms with Crippen molar-refractivity contribution in [2.75, 3.05) is 18.6 Å². The van der Waals surface area contributed by atoms with Crippen LogP contribution in [0.5, 0.6) is 0 Å². The largest absolute Gasteiger partial charge is 0.329 e. The number of nitrogens with two attached hydrogens (primary N) is 1. The molecule has 1 amide bonds. The molecule has 0 radical (unpaired) electrons. The third-order valence-electron chi connectivity index (χ3n) is 2.06. The standard InChI is InChI=1S/C8H18N2O3S/c1-4-8(11)10(3)7(9)6-14(12,13)5-2/h7H,4-6,9H2,1-3H3. The average molecular weight is 222 g/mol. The van der Waals surface area contributed by atoms with Crippen LogP contribution in [0, 0.1) is 0 Å². The van der Waals surface area contributed by atoms with Crippen molar-refractivity contribution in [2.24, 2.45) is 5.73 Å². The molecular formula is C8H18N2O3S. The Morgan fingerprint density at radius 1 is 1.43 bits per heavy atom. The number of carbonyl (C=O) groups is 1. The lowest BCUT2D eigenvalue weighted by Crippen LogP contribution is -2.47. The van der Waals surface area contributed by atoms with Crippen LogP contribution in [0.1, 0.15) is 20.3 Å². The van der Waals surface area contributed by atoms with Gasteiger partial charge in [0.05, 0.1) is 11.9 Å². The van der Waals surface area contributed by atoms with Crippen molar-refractivity contribution in [3.8, 4) is 0 Å². The van der Waals surface area contributed by atoms with E-state index in [-0.39, 0.29) is 17.4 Å². The first kappa shape index (κ1) is 13.4. The molecule has 0 spiro atoms. The third kappa shape index (κ3) is 4.06. The zero-order chi connectivity index (χ0) is 11.4. The quantitative estimate of drug-likeness (QED) is 0.640. The average Bonchev–Trinajstić information content (AvgIpc) is 2.14. The number of sulfone groups is 1. The van der Waals surface area contributed by atoms with E-state index >= 15 is 0 Å². The molecule has 0 aromatic rings. The summed E-state index contributed by atoms with van der Waals surface area (Å²) in [7, 11) is -1.61. The van der Waals surface area contributed by atoms with Gasteiger partial charge in [0.2, 0.25) is 5.91 Å². The van der Waals surface area contributed by atoms with Crippen LogP contribution in [0.4, 0.5) is 0 Å². The fraction of sp³-hybridized carbons (Fsp3) is 0.875. The van der Waals surface area contributed by atoms with Crippen molar-refractivity contribution in [3.63, 3.8) is 0 Å². The maximum Gasteiger partial charge on any atom is 0.223 e. The topological polar surface area (TPSA) is 80.5 Å². The molecule has 0 heterocycles. The van der Waals surface area contributed by atoms with Gasteiger partial charge >= 0.3 is 0 Å². The summed E-state index contributed by atoms with van der Waals surface area (Å²) in [5.41, 5.74) is 5.58. The molecule has 0 rings (SSSR count). The van der Waals surface area contributed by atoms with Crippen LogP contribution in [-0.2, 0) is 14.6 Å². The molecule has 0 aliphatic heterocycles. The second-order valence-corrected chi connectivity index (χ2v) is 5.52. The highest BCUT2D eigenvalue weighted by Gasteiger charge is 2.20. The molecule has 5 nitrogen and oxygen atoms in total. The second kappa shape index (κ2) is 5.31. The van der Waals surface area contributed by atoms with E-state index in [1.165, 1.54) is 11.9 Å². The monoisotopic (exact) mass is 222 g/mol. The second-order valence-electron chi connectivity index (χ2n) is 3.12. The van der Waals surface area contributed by atoms with Gasteiger partial charge in [0.25, 0.3) is 0 Å². The van der Waals surface area contributed by atoms with E-state index in [1.807, 2.05) is 0 Å². The zero-order valence-corrected chi connectivity index (χ0v) is 9.67. The highest BCUT2D eigenvalue weighted by molar-refractivity contribution is 7.91. The van der Waals surface area contributed by atoms with Gasteiger partial charge in [-0.25, -0.2) is 8.42 Å². The lowest BCUT2D eigenvalue weighted by Gasteiger charge is -2.23. The van der Waals surface area contributed by atoms with Gasteiger partial charge in [-0.15, -0.1) is 0 Å². The van der Waals surface area contributed by atoms with Gasteiger partial charge in [0.1, 0.15) is 0 Å². The van der Waals surface area contributed by atoms with Gasteiger partial charge < -0.3 is 10.6 Å². The van der Waals surface area contributed by atoms with Gasteiger partial charge in [-0.05, 0) is 0 Å². The number of hydrogen-bond donors (Lipinski definition) is 1. The molecule has 1 atom stereocenters. The Kier molecular flexibility index (Phi) is 5.07. The van der Waals surface area contributed by atoms with Crippen molar-refractivity contribution >= 4 is 15.7 Å². The first-order valence-electron chi connectivity index (χ1n) is 4.55. The van der Waals surface area contributed by atoms with Crippen LogP contribution in [0.3, 0.4) is 0 Å². The molecule has 0 saturated heterocycles. The lowest BCUT2D eigenvalue weighted by atomic mass is 10.4. The Hall–Kier alpha value is -0.620. The molecule has 84 valence electrons. The first-order chi connectivity index (χ1) is 6.34.